The molecule has 0 saturated carbocycles. The fraction of sp³-hybridized carbons (Fsp3) is 0.792. The molecule has 120 heavy (non-hydrogen) atoms. The number of aliphatic hydroxyl groups is 15. The highest BCUT2D eigenvalue weighted by Crippen LogP contribution is 2.32. The molecule has 684 valence electrons. The molecule has 6 fully saturated rings. The number of hydrogen-bond donors (Lipinski definition) is 24. The second-order valence-corrected chi connectivity index (χ2v) is 29.0. The van der Waals surface area contributed by atoms with Gasteiger partial charge in [0.15, 0.2) is 56.1 Å². The molecule has 0 spiro atoms. The van der Waals surface area contributed by atoms with Crippen LogP contribution in [0.3, 0.4) is 0 Å². The fourth-order valence-corrected chi connectivity index (χ4v) is 13.5. The number of methoxy groups -OCH3 is 3. The molecule has 1 aromatic carbocycles. The van der Waals surface area contributed by atoms with E-state index in [1.54, 1.807) is 0 Å². The van der Waals surface area contributed by atoms with Crippen LogP contribution in [0.2, 0.25) is 0 Å². The van der Waals surface area contributed by atoms with Crippen LogP contribution in [0.15, 0.2) is 18.2 Å². The molecule has 0 aliphatic carbocycles. The Hall–Kier alpha value is -6.75. The number of amides is 6. The second-order valence-electron chi connectivity index (χ2n) is 29.0. The Kier molecular flexibility index (Phi) is 41.5. The van der Waals surface area contributed by atoms with E-state index in [9.17, 15) is 135 Å². The molecule has 7 rings (SSSR count). The summed E-state index contributed by atoms with van der Waals surface area (Å²) in [5.41, 5.74) is -0.473. The Morgan fingerprint density at radius 1 is 0.283 bits per heavy atom. The van der Waals surface area contributed by atoms with E-state index in [2.05, 4.69) is 31.9 Å². The van der Waals surface area contributed by atoms with Crippen molar-refractivity contribution in [1.82, 2.24) is 31.9 Å². The van der Waals surface area contributed by atoms with Gasteiger partial charge in [-0.1, -0.05) is 19.3 Å². The van der Waals surface area contributed by atoms with Crippen molar-refractivity contribution in [3.8, 4) is 0 Å². The Balaban J connectivity index is 0.826. The Bertz CT molecular complexity index is 3050. The second kappa shape index (κ2) is 49.7. The summed E-state index contributed by atoms with van der Waals surface area (Å²) in [6.07, 6.45) is -46.7. The molecule has 0 aromatic heterocycles. The minimum atomic E-state index is -1.80. The molecule has 30 atom stereocenters. The zero-order valence-corrected chi connectivity index (χ0v) is 65.9. The molecule has 0 radical (unpaired) electrons. The molecule has 48 heteroatoms. The average molecular weight is 1740 g/mol. The first-order chi connectivity index (χ1) is 57.1. The maximum absolute atomic E-state index is 13.7. The monoisotopic (exact) mass is 1730 g/mol. The minimum absolute atomic E-state index is 0.0215. The van der Waals surface area contributed by atoms with E-state index < -0.39 is 257 Å². The van der Waals surface area contributed by atoms with Gasteiger partial charge in [-0.3, -0.25) is 28.8 Å². The number of carboxylic acid groups (broad SMARTS) is 3. The first-order valence-corrected chi connectivity index (χ1v) is 39.0. The first-order valence-electron chi connectivity index (χ1n) is 39.0. The zero-order chi connectivity index (χ0) is 88.2. The molecule has 0 unspecified atom stereocenters. The molecule has 48 nitrogen and oxygen atoms in total. The third kappa shape index (κ3) is 28.4. The lowest BCUT2D eigenvalue weighted by atomic mass is 9.98. The molecule has 0 bridgehead atoms. The van der Waals surface area contributed by atoms with Gasteiger partial charge in [0.2, 0.25) is 17.7 Å². The lowest BCUT2D eigenvalue weighted by molar-refractivity contribution is -0.328. The van der Waals surface area contributed by atoms with Gasteiger partial charge in [0.05, 0.1) is 19.8 Å². The van der Waals surface area contributed by atoms with Gasteiger partial charge in [-0.2, -0.15) is 0 Å². The van der Waals surface area contributed by atoms with Crippen LogP contribution in [0.25, 0.3) is 0 Å². The largest absolute Gasteiger partial charge is 0.479 e. The van der Waals surface area contributed by atoms with Crippen molar-refractivity contribution in [2.45, 2.75) is 261 Å². The van der Waals surface area contributed by atoms with Crippen LogP contribution in [-0.2, 0) is 99.8 Å². The Labute approximate surface area is 685 Å². The van der Waals surface area contributed by atoms with E-state index in [1.807, 2.05) is 0 Å². The van der Waals surface area contributed by atoms with Gasteiger partial charge in [-0.25, -0.2) is 14.4 Å². The lowest BCUT2D eigenvalue weighted by Crippen LogP contribution is -2.62. The number of carboxylic acids is 3. The van der Waals surface area contributed by atoms with Gasteiger partial charge in [0.1, 0.15) is 128 Å². The Morgan fingerprint density at radius 2 is 0.508 bits per heavy atom. The van der Waals surface area contributed by atoms with Crippen molar-refractivity contribution in [2.24, 2.45) is 0 Å². The van der Waals surface area contributed by atoms with E-state index in [1.165, 1.54) is 18.2 Å². The lowest BCUT2D eigenvalue weighted by Gasteiger charge is -2.42. The van der Waals surface area contributed by atoms with Crippen LogP contribution in [0.4, 0.5) is 0 Å². The number of nitrogens with one attached hydrogen (secondary N) is 6. The summed E-state index contributed by atoms with van der Waals surface area (Å²) >= 11 is 0. The molecule has 6 heterocycles. The maximum Gasteiger partial charge on any atom is 0.335 e. The number of unbranched alkanes of at least 4 members (excludes halogenated alkanes) is 6. The number of aliphatic hydroxyl groups excluding tert-OH is 15. The van der Waals surface area contributed by atoms with Gasteiger partial charge in [-0.05, 0) is 56.7 Å². The molecular weight excluding hydrogens is 1620 g/mol. The smallest absolute Gasteiger partial charge is 0.335 e. The van der Waals surface area contributed by atoms with Crippen molar-refractivity contribution >= 4 is 53.4 Å². The van der Waals surface area contributed by atoms with Gasteiger partial charge in [0, 0.05) is 116 Å². The SMILES string of the molecule is CO[C@@H]1[C@@H](O)[C@H](O)[C@@H](OC[C@@H]2O[C@H](OCCCCCC(=O)NCCNC(=O)c3cc(C(=O)NCCNC(=O)CCCCCO[C@H]4O[C@@H](CO[C@H]5O[C@@H](C(=O)O)[C@H](OC)[C@@H](O)[C@@H]5O)[C@@H](O)[C@@H](O)[C@@H]4O)cc(C(=O)NCCNC(=O)CCCCCO[C@H]4O[C@@H](CO[C@H]5O[C@@H](C(=O)O)[C@H](OC)[C@@H](O)[C@@H]5O)[C@@H](O)[C@@H](O)[C@@H]4O)c3)[C@@H](O)[C@H](O)[C@@H]2O)O[C@H]1C(=O)O. The van der Waals surface area contributed by atoms with Crippen LogP contribution in [0, 0.1) is 0 Å². The van der Waals surface area contributed by atoms with Crippen molar-refractivity contribution in [2.75, 3.05) is 100 Å². The maximum atomic E-state index is 13.7. The summed E-state index contributed by atoms with van der Waals surface area (Å²) in [4.78, 5) is 115. The summed E-state index contributed by atoms with van der Waals surface area (Å²) in [7, 11) is 3.31. The number of carbonyl (C=O) groups excluding carboxylic acids is 6. The highest BCUT2D eigenvalue weighted by atomic mass is 16.8. The minimum Gasteiger partial charge on any atom is -0.479 e. The van der Waals surface area contributed by atoms with Crippen molar-refractivity contribution in [3.05, 3.63) is 34.9 Å². The summed E-state index contributed by atoms with van der Waals surface area (Å²) in [6, 6.07) is 3.61. The first kappa shape index (κ1) is 100. The molecule has 6 aliphatic rings. The quantitative estimate of drug-likeness (QED) is 0.0269. The highest BCUT2D eigenvalue weighted by Gasteiger charge is 2.54. The highest BCUT2D eigenvalue weighted by molar-refractivity contribution is 6.04. The van der Waals surface area contributed by atoms with Crippen molar-refractivity contribution in [1.29, 1.82) is 0 Å². The number of ether oxygens (including phenoxy) is 15. The van der Waals surface area contributed by atoms with E-state index >= 15 is 0 Å². The van der Waals surface area contributed by atoms with E-state index in [0.29, 0.717) is 57.8 Å². The third-order valence-corrected chi connectivity index (χ3v) is 20.4. The molecular formula is C72H114N6O42. The summed E-state index contributed by atoms with van der Waals surface area (Å²) in [5, 5.41) is 202. The van der Waals surface area contributed by atoms with Gasteiger partial charge >= 0.3 is 17.9 Å². The number of benzene rings is 1. The standard InChI is InChI=1S/C72H114N6O42/c1-106-55-46(88)52(94)70(118-58(55)64(100)101)112-28-34-40(82)43(85)49(91)67(115-34)109-22-10-4-7-13-37(79)73-16-19-76-61(97)31-25-32(62(98)77-20-17-74-38(80)14-8-5-11-23-110-68-50(92)44(86)41(83)35(116-68)29-113-71-53(95)47(89)56(107-2)59(119-71)65(102)103)27-33(26-31)63(99)78-21-18-75-39(81)15-9-6-12-24-111-69-51(93)45(87)42(84)36(117-69)30-114-72-54(96)48(90)57(108-3)60(120-72)66(104)105/h25-27,34-36,40-60,67-72,82-96H,4-24,28-30H2,1-3H3,(H,73,79)(H,74,80)(H,75,81)(H,76,97)(H,77,98)(H,78,99)(H,100,101)(H,102,103)(H,104,105)/t34-,35-,36-,40+,41+,42+,43+,44+,45+,46-,47-,48-,49-,50-,51-,52-,53-,54-,55+,56+,57+,58+,59+,60+,67-,68-,69-,70-,71-,72-/m0/s1. The predicted molar refractivity (Wildman–Crippen MR) is 391 cm³/mol. The van der Waals surface area contributed by atoms with E-state index in [-0.39, 0.29) is 95.0 Å². The van der Waals surface area contributed by atoms with Crippen LogP contribution in [0.5, 0.6) is 0 Å². The van der Waals surface area contributed by atoms with Gasteiger partial charge in [0.25, 0.3) is 17.7 Å². The van der Waals surface area contributed by atoms with Crippen LogP contribution < -0.4 is 31.9 Å². The van der Waals surface area contributed by atoms with Crippen LogP contribution in [0.1, 0.15) is 108 Å². The fourth-order valence-electron chi connectivity index (χ4n) is 13.5. The van der Waals surface area contributed by atoms with Crippen LogP contribution >= 0.6 is 0 Å². The molecule has 6 aliphatic heterocycles. The molecule has 6 saturated heterocycles. The van der Waals surface area contributed by atoms with Crippen LogP contribution in [-0.4, -0.2) is 430 Å². The number of hydrogen-bond acceptors (Lipinski definition) is 39. The molecule has 1 aromatic rings. The number of carbonyl (C=O) groups is 9. The van der Waals surface area contributed by atoms with Crippen molar-refractivity contribution in [3.63, 3.8) is 0 Å². The summed E-state index contributed by atoms with van der Waals surface area (Å²) < 4.78 is 80.7. The normalized spacial score (nSPS) is 34.5. The molecule has 24 N–H and O–H groups in total. The molecule has 6 amide bonds. The number of aliphatic carboxylic acids is 3. The van der Waals surface area contributed by atoms with E-state index in [4.69, 9.17) is 71.1 Å². The Morgan fingerprint density at radius 3 is 0.742 bits per heavy atom. The predicted octanol–water partition coefficient (Wildman–Crippen LogP) is -10.9. The van der Waals surface area contributed by atoms with Gasteiger partial charge < -0.3 is 195 Å². The topological polar surface area (TPSA) is 728 Å². The average Bonchev–Trinajstić information content (AvgIpc) is 0.792. The zero-order valence-electron chi connectivity index (χ0n) is 65.9. The van der Waals surface area contributed by atoms with Crippen molar-refractivity contribution < 1.29 is 206 Å². The number of rotatable bonds is 48. The summed E-state index contributed by atoms with van der Waals surface area (Å²) in [5.74, 6) is -8.08. The van der Waals surface area contributed by atoms with Gasteiger partial charge in [-0.15, -0.1) is 0 Å². The van der Waals surface area contributed by atoms with E-state index in [0.717, 1.165) is 21.3 Å². The summed E-state index contributed by atoms with van der Waals surface area (Å²) in [6.45, 7) is -2.67. The third-order valence-electron chi connectivity index (χ3n) is 20.4.